The second kappa shape index (κ2) is 28.5. The van der Waals surface area contributed by atoms with Gasteiger partial charge in [0.1, 0.15) is 11.0 Å². The fourth-order valence-corrected chi connectivity index (χ4v) is 11.2. The van der Waals surface area contributed by atoms with E-state index >= 15 is 0 Å². The summed E-state index contributed by atoms with van der Waals surface area (Å²) in [5.74, 6) is -0.854. The highest BCUT2D eigenvalue weighted by molar-refractivity contribution is 9.10. The number of nitrogens with zero attached hydrogens (tertiary/aromatic N) is 4. The maximum atomic E-state index is 14.6. The van der Waals surface area contributed by atoms with E-state index in [2.05, 4.69) is 202 Å². The van der Waals surface area contributed by atoms with Crippen LogP contribution in [0.3, 0.4) is 0 Å². The number of fused-ring (bicyclic) bond motifs is 3. The molecular weight excluding hydrogens is 1150 g/mol. The van der Waals surface area contributed by atoms with E-state index in [0.29, 0.717) is 21.5 Å². The Morgan fingerprint density at radius 3 is 1.74 bits per heavy atom. The van der Waals surface area contributed by atoms with E-state index in [9.17, 15) is 13.2 Å². The zero-order valence-electron chi connectivity index (χ0n) is 54.5. The lowest BCUT2D eigenvalue weighted by Gasteiger charge is -2.41. The van der Waals surface area contributed by atoms with E-state index in [4.69, 9.17) is 28.2 Å². The van der Waals surface area contributed by atoms with Crippen molar-refractivity contribution in [2.45, 2.75) is 223 Å². The molecule has 1 N–H and O–H groups in total. The Bertz CT molecular complexity index is 3190. The Balaban J connectivity index is 0.000000187. The van der Waals surface area contributed by atoms with Crippen molar-refractivity contribution in [3.8, 4) is 11.1 Å². The van der Waals surface area contributed by atoms with Gasteiger partial charge in [0.25, 0.3) is 0 Å². The minimum Gasteiger partial charge on any atom is -0.357 e. The zero-order chi connectivity index (χ0) is 63.0. The van der Waals surface area contributed by atoms with Gasteiger partial charge in [-0.3, -0.25) is 14.9 Å². The van der Waals surface area contributed by atoms with Crippen molar-refractivity contribution in [3.05, 3.63) is 181 Å². The number of hydrogen-bond acceptors (Lipinski definition) is 4. The van der Waals surface area contributed by atoms with Crippen LogP contribution in [0.4, 0.5) is 13.2 Å². The topological polar surface area (TPSA) is 57.7 Å². The first kappa shape index (κ1) is 70.2. The molecule has 2 fully saturated rings. The number of halogens is 6. The third kappa shape index (κ3) is 21.1. The molecule has 1 unspecified atom stereocenters. The molecular formula is C73H99BrCl2F3N5. The first-order valence-corrected chi connectivity index (χ1v) is 31.7. The van der Waals surface area contributed by atoms with Gasteiger partial charge in [0.05, 0.1) is 5.02 Å². The number of aromatic nitrogens is 4. The molecule has 2 saturated carbocycles. The van der Waals surface area contributed by atoms with Crippen LogP contribution in [-0.4, -0.2) is 36.9 Å². The van der Waals surface area contributed by atoms with Crippen molar-refractivity contribution in [3.63, 3.8) is 0 Å². The van der Waals surface area contributed by atoms with Crippen LogP contribution in [0.15, 0.2) is 114 Å². The maximum absolute atomic E-state index is 14.6. The summed E-state index contributed by atoms with van der Waals surface area (Å²) in [7, 11) is 0. The molecule has 2 aliphatic carbocycles. The van der Waals surface area contributed by atoms with E-state index in [-0.39, 0.29) is 37.9 Å². The van der Waals surface area contributed by atoms with Crippen LogP contribution in [0.25, 0.3) is 22.0 Å². The number of pyridine rings is 3. The summed E-state index contributed by atoms with van der Waals surface area (Å²) in [6.45, 7) is 46.3. The van der Waals surface area contributed by atoms with Gasteiger partial charge in [0.2, 0.25) is 0 Å². The maximum Gasteiger partial charge on any atom is 0.160 e. The first-order valence-electron chi connectivity index (χ1n) is 30.1. The normalized spacial score (nSPS) is 16.4. The molecule has 1 atom stereocenters. The predicted molar refractivity (Wildman–Crippen MR) is 356 cm³/mol. The number of nitrogens with one attached hydrogen (secondary N) is 1. The van der Waals surface area contributed by atoms with Gasteiger partial charge in [0, 0.05) is 97.0 Å². The number of rotatable bonds is 2. The van der Waals surface area contributed by atoms with Crippen molar-refractivity contribution in [1.29, 1.82) is 0 Å². The van der Waals surface area contributed by atoms with Gasteiger partial charge in [-0.25, -0.2) is 18.2 Å². The molecule has 0 saturated heterocycles. The lowest BCUT2D eigenvalue weighted by atomic mass is 9.64. The fraction of sp³-hybridized carbons (Fsp3) is 0.521. The van der Waals surface area contributed by atoms with E-state index in [1.165, 1.54) is 90.2 Å². The smallest absolute Gasteiger partial charge is 0.160 e. The van der Waals surface area contributed by atoms with Crippen LogP contribution in [0.2, 0.25) is 10.2 Å². The predicted octanol–water partition coefficient (Wildman–Crippen LogP) is 22.7. The van der Waals surface area contributed by atoms with Gasteiger partial charge < -0.3 is 4.98 Å². The highest BCUT2D eigenvalue weighted by atomic mass is 79.9. The quantitative estimate of drug-likeness (QED) is 0.138. The van der Waals surface area contributed by atoms with Crippen molar-refractivity contribution in [1.82, 2.24) is 24.8 Å². The van der Waals surface area contributed by atoms with Gasteiger partial charge in [-0.05, 0) is 168 Å². The van der Waals surface area contributed by atoms with Gasteiger partial charge >= 0.3 is 0 Å². The second-order valence-electron chi connectivity index (χ2n) is 30.2. The molecule has 7 aromatic rings. The lowest BCUT2D eigenvalue weighted by Crippen LogP contribution is -2.44. The number of H-pyrrole nitrogens is 1. The van der Waals surface area contributed by atoms with Crippen LogP contribution in [0.5, 0.6) is 0 Å². The molecule has 0 bridgehead atoms. The molecule has 0 spiro atoms. The minimum atomic E-state index is -1.05. The van der Waals surface area contributed by atoms with Gasteiger partial charge in [-0.2, -0.15) is 0 Å². The van der Waals surface area contributed by atoms with E-state index in [0.717, 1.165) is 47.1 Å². The van der Waals surface area contributed by atoms with Crippen molar-refractivity contribution in [2.75, 3.05) is 6.54 Å². The van der Waals surface area contributed by atoms with Gasteiger partial charge in [-0.15, -0.1) is 0 Å². The molecule has 11 heteroatoms. The molecule has 5 heterocycles. The molecule has 4 aromatic heterocycles. The van der Waals surface area contributed by atoms with E-state index in [1.54, 1.807) is 24.4 Å². The van der Waals surface area contributed by atoms with E-state index < -0.39 is 22.9 Å². The largest absolute Gasteiger partial charge is 0.357 e. The van der Waals surface area contributed by atoms with Crippen LogP contribution in [0.1, 0.15) is 222 Å². The number of hydrogen-bond donors (Lipinski definition) is 1. The molecule has 84 heavy (non-hydrogen) atoms. The number of aromatic amines is 1. The lowest BCUT2D eigenvalue weighted by molar-refractivity contribution is 0.0959. The highest BCUT2D eigenvalue weighted by Gasteiger charge is 2.34. The standard InChI is InChI=1S/C16H14ClF3.C15H20N2.C12H17N.C12H24.C9H12BrN.C9H12ClN/c1-16(2,3)11-6-4-5-9(15(11)20)10-7-13(18)14(19)8-12(10)17;1-15(2,3)17-9-8-12-11-6-4-5-7-13(11)16-14(12)10-17;1-12(2,3)11-6-4-5-10(13-11)9-7-8-9;1-11(2,3)10-7-6-8-12(4,5)9-10;1-9(2,3)7-4-8(10)6-11-5-7;1-9(2,3)7-5-4-6-8(10)11-7/h4-8H,1-3H3;4-7,16H,8-10H2,1-3H3;4-6,9H,7-8H2,1-3H3;10H,6-9H2,1-5H3;2*4-6H,1-3H3. The van der Waals surface area contributed by atoms with Crippen molar-refractivity contribution in [2.24, 2.45) is 16.7 Å². The number of benzene rings is 3. The van der Waals surface area contributed by atoms with Crippen LogP contribution in [-0.2, 0) is 34.6 Å². The summed E-state index contributed by atoms with van der Waals surface area (Å²) < 4.78 is 42.1. The van der Waals surface area contributed by atoms with Gasteiger partial charge in [-0.1, -0.05) is 196 Å². The molecule has 3 aromatic carbocycles. The Hall–Kier alpha value is -4.54. The molecule has 10 rings (SSSR count). The van der Waals surface area contributed by atoms with Gasteiger partial charge in [0.15, 0.2) is 11.6 Å². The Labute approximate surface area is 523 Å². The first-order chi connectivity index (χ1) is 38.7. The third-order valence-electron chi connectivity index (χ3n) is 16.0. The molecule has 0 amide bonds. The monoisotopic (exact) mass is 1250 g/mol. The van der Waals surface area contributed by atoms with Crippen LogP contribution in [0, 0.1) is 34.2 Å². The zero-order valence-corrected chi connectivity index (χ0v) is 57.6. The summed E-state index contributed by atoms with van der Waals surface area (Å²) in [6, 6.07) is 29.5. The van der Waals surface area contributed by atoms with Crippen molar-refractivity contribution < 1.29 is 13.2 Å². The SMILES string of the molecule is CC(C)(C)N1CCc2c([nH]c3ccccc23)C1.CC(C)(C)c1cccc(-c2cc(F)c(F)cc2Cl)c1F.CC(C)(C)c1cccc(C2CC2)n1.CC(C)(C)c1cccc(Cl)n1.CC(C)(C)c1cncc(Br)c1.CC1(C)CCCC(C(C)(C)C)C1. The summed E-state index contributed by atoms with van der Waals surface area (Å²) in [5.41, 5.74) is 11.3. The van der Waals surface area contributed by atoms with E-state index in [1.807, 2.05) is 39.1 Å². The van der Waals surface area contributed by atoms with Crippen LogP contribution < -0.4 is 0 Å². The summed E-state index contributed by atoms with van der Waals surface area (Å²) in [4.78, 5) is 19.1. The third-order valence-corrected chi connectivity index (χ3v) is 16.9. The number of para-hydroxylation sites is 1. The van der Waals surface area contributed by atoms with Crippen LogP contribution >= 0.6 is 39.1 Å². The summed E-state index contributed by atoms with van der Waals surface area (Å²) >= 11 is 15.0. The van der Waals surface area contributed by atoms with Crippen molar-refractivity contribution >= 4 is 50.0 Å². The highest BCUT2D eigenvalue weighted by Crippen LogP contribution is 2.46. The Morgan fingerprint density at radius 2 is 1.23 bits per heavy atom. The molecule has 5 nitrogen and oxygen atoms in total. The second-order valence-corrected chi connectivity index (χ2v) is 31.9. The molecule has 458 valence electrons. The molecule has 3 aliphatic rings. The minimum absolute atomic E-state index is 0.0196. The average Bonchev–Trinajstić information content (AvgIpc) is 2.26. The fourth-order valence-electron chi connectivity index (χ4n) is 10.4. The Morgan fingerprint density at radius 1 is 0.631 bits per heavy atom. The molecule has 1 aliphatic heterocycles. The molecule has 0 radical (unpaired) electrons. The summed E-state index contributed by atoms with van der Waals surface area (Å²) in [5, 5.41) is 1.96. The Kier molecular flexibility index (Phi) is 23.8. The average molecular weight is 1250 g/mol. The summed E-state index contributed by atoms with van der Waals surface area (Å²) in [6.07, 6.45) is 13.3.